The van der Waals surface area contributed by atoms with Gasteiger partial charge in [0.1, 0.15) is 0 Å². The molecule has 0 bridgehead atoms. The van der Waals surface area contributed by atoms with Crippen LogP contribution in [0.15, 0.2) is 85.2 Å². The normalized spacial score (nSPS) is 17.9. The number of anilines is 1. The van der Waals surface area contributed by atoms with Gasteiger partial charge in [0.15, 0.2) is 0 Å². The first-order valence-electron chi connectivity index (χ1n) is 11.1. The molecule has 4 aromatic carbocycles. The molecule has 1 aliphatic carbocycles. The predicted octanol–water partition coefficient (Wildman–Crippen LogP) is 7.18. The Morgan fingerprint density at radius 2 is 1.39 bits per heavy atom. The van der Waals surface area contributed by atoms with Crippen molar-refractivity contribution in [1.82, 2.24) is 4.98 Å². The summed E-state index contributed by atoms with van der Waals surface area (Å²) in [6.07, 6.45) is 6.04. The van der Waals surface area contributed by atoms with Gasteiger partial charge in [-0.1, -0.05) is 74.5 Å². The molecule has 1 aliphatic rings. The van der Waals surface area contributed by atoms with Gasteiger partial charge < -0.3 is 5.73 Å². The van der Waals surface area contributed by atoms with E-state index in [-0.39, 0.29) is 0 Å². The van der Waals surface area contributed by atoms with Gasteiger partial charge in [0.2, 0.25) is 0 Å². The first-order chi connectivity index (χ1) is 15.1. The summed E-state index contributed by atoms with van der Waals surface area (Å²) in [7, 11) is 0. The van der Waals surface area contributed by atoms with Crippen LogP contribution in [0, 0.1) is 11.8 Å². The second-order valence-corrected chi connectivity index (χ2v) is 8.90. The van der Waals surface area contributed by atoms with Gasteiger partial charge in [-0.25, -0.2) is 0 Å². The molecule has 0 aliphatic heterocycles. The topological polar surface area (TPSA) is 38.9 Å². The number of aromatic nitrogens is 1. The summed E-state index contributed by atoms with van der Waals surface area (Å²) in [6.45, 7) is 4.74. The van der Waals surface area contributed by atoms with Gasteiger partial charge in [0.25, 0.3) is 0 Å². The number of nitrogens with zero attached hydrogens (tertiary/aromatic N) is 1. The third kappa shape index (κ3) is 3.63. The maximum Gasteiger partial charge on any atom is 0.0400 e. The summed E-state index contributed by atoms with van der Waals surface area (Å²) in [6, 6.07) is 25.5. The van der Waals surface area contributed by atoms with Crippen molar-refractivity contribution < 1.29 is 0 Å². The Kier molecular flexibility index (Phi) is 5.07. The van der Waals surface area contributed by atoms with Crippen molar-refractivity contribution in [3.63, 3.8) is 0 Å². The smallest absolute Gasteiger partial charge is 0.0400 e. The predicted molar refractivity (Wildman–Crippen MR) is 133 cm³/mol. The fourth-order valence-electron chi connectivity index (χ4n) is 4.84. The average Bonchev–Trinajstić information content (AvgIpc) is 2.81. The quantitative estimate of drug-likeness (QED) is 0.219. The Morgan fingerprint density at radius 1 is 0.710 bits per heavy atom. The van der Waals surface area contributed by atoms with E-state index in [1.165, 1.54) is 56.3 Å². The molecule has 0 saturated heterocycles. The Labute approximate surface area is 183 Å². The van der Waals surface area contributed by atoms with E-state index in [4.69, 9.17) is 5.73 Å². The monoisotopic (exact) mass is 404 g/mol. The molecule has 2 unspecified atom stereocenters. The summed E-state index contributed by atoms with van der Waals surface area (Å²) in [5.41, 5.74) is 10.3. The maximum atomic E-state index is 6.32. The van der Waals surface area contributed by atoms with Crippen molar-refractivity contribution in [2.24, 2.45) is 11.8 Å². The van der Waals surface area contributed by atoms with Gasteiger partial charge in [-0.15, -0.1) is 0 Å². The van der Waals surface area contributed by atoms with Gasteiger partial charge in [0.05, 0.1) is 0 Å². The molecule has 2 nitrogen and oxygen atoms in total. The number of nitrogens with two attached hydrogens (primary N) is 1. The molecule has 154 valence electrons. The van der Waals surface area contributed by atoms with E-state index >= 15 is 0 Å². The number of hydrogen-bond acceptors (Lipinski definition) is 2. The molecule has 2 N–H and O–H groups in total. The van der Waals surface area contributed by atoms with Crippen LogP contribution >= 0.6 is 0 Å². The highest BCUT2D eigenvalue weighted by Crippen LogP contribution is 2.38. The largest absolute Gasteiger partial charge is 0.398 e. The summed E-state index contributed by atoms with van der Waals surface area (Å²) in [5, 5.41) is 7.61. The van der Waals surface area contributed by atoms with Crippen molar-refractivity contribution in [1.29, 1.82) is 0 Å². The Morgan fingerprint density at radius 3 is 2.19 bits per heavy atom. The average molecular weight is 405 g/mol. The molecular formula is C29H28N2. The third-order valence-corrected chi connectivity index (χ3v) is 6.87. The van der Waals surface area contributed by atoms with E-state index in [1.54, 1.807) is 0 Å². The molecule has 0 radical (unpaired) electrons. The summed E-state index contributed by atoms with van der Waals surface area (Å²) < 4.78 is 0. The first kappa shape index (κ1) is 19.6. The van der Waals surface area contributed by atoms with Gasteiger partial charge >= 0.3 is 0 Å². The lowest BCUT2D eigenvalue weighted by molar-refractivity contribution is 0.362. The Balaban J connectivity index is 0.000000171. The lowest BCUT2D eigenvalue weighted by Crippen LogP contribution is -2.20. The van der Waals surface area contributed by atoms with Crippen LogP contribution in [0.5, 0.6) is 0 Å². The van der Waals surface area contributed by atoms with Crippen LogP contribution in [-0.4, -0.2) is 4.98 Å². The second-order valence-electron chi connectivity index (χ2n) is 8.90. The molecule has 5 aromatic rings. The zero-order chi connectivity index (χ0) is 21.4. The molecule has 1 aromatic heterocycles. The highest BCUT2D eigenvalue weighted by Gasteiger charge is 2.23. The van der Waals surface area contributed by atoms with Gasteiger partial charge in [0, 0.05) is 23.5 Å². The van der Waals surface area contributed by atoms with Crippen LogP contribution in [0.2, 0.25) is 0 Å². The van der Waals surface area contributed by atoms with Crippen molar-refractivity contribution in [2.45, 2.75) is 26.7 Å². The molecule has 0 amide bonds. The number of rotatable bonds is 0. The van der Waals surface area contributed by atoms with E-state index in [9.17, 15) is 0 Å². The number of fused-ring (bicyclic) bond motifs is 6. The van der Waals surface area contributed by atoms with Crippen molar-refractivity contribution >= 4 is 38.0 Å². The number of pyridine rings is 1. The summed E-state index contributed by atoms with van der Waals surface area (Å²) in [4.78, 5) is 4.01. The highest BCUT2D eigenvalue weighted by molar-refractivity contribution is 6.13. The minimum atomic E-state index is 0.746. The van der Waals surface area contributed by atoms with Crippen LogP contribution in [-0.2, 0) is 12.8 Å². The van der Waals surface area contributed by atoms with E-state index < -0.39 is 0 Å². The molecule has 31 heavy (non-hydrogen) atoms. The van der Waals surface area contributed by atoms with Crippen molar-refractivity contribution in [3.8, 4) is 0 Å². The molecule has 6 rings (SSSR count). The minimum absolute atomic E-state index is 0.746. The summed E-state index contributed by atoms with van der Waals surface area (Å²) >= 11 is 0. The van der Waals surface area contributed by atoms with Gasteiger partial charge in [-0.2, -0.15) is 0 Å². The van der Waals surface area contributed by atoms with Crippen LogP contribution in [0.4, 0.5) is 5.69 Å². The maximum absolute atomic E-state index is 6.32. The molecule has 2 heteroatoms. The second kappa shape index (κ2) is 8.03. The Bertz CT molecular complexity index is 1320. The minimum Gasteiger partial charge on any atom is -0.398 e. The lowest BCUT2D eigenvalue weighted by atomic mass is 9.76. The number of nitrogen functional groups attached to an aromatic ring is 1. The van der Waals surface area contributed by atoms with Crippen LogP contribution in [0.1, 0.15) is 25.0 Å². The number of hydrogen-bond donors (Lipinski definition) is 1. The fourth-order valence-corrected chi connectivity index (χ4v) is 4.84. The molecule has 1 heterocycles. The molecular weight excluding hydrogens is 376 g/mol. The first-order valence-corrected chi connectivity index (χ1v) is 11.1. The van der Waals surface area contributed by atoms with Crippen molar-refractivity contribution in [3.05, 3.63) is 96.3 Å². The van der Waals surface area contributed by atoms with Crippen LogP contribution in [0.25, 0.3) is 32.3 Å². The zero-order valence-corrected chi connectivity index (χ0v) is 18.2. The lowest BCUT2D eigenvalue weighted by Gasteiger charge is -2.29. The highest BCUT2D eigenvalue weighted by atomic mass is 14.6. The van der Waals surface area contributed by atoms with E-state index in [0.29, 0.717) is 0 Å². The zero-order valence-electron chi connectivity index (χ0n) is 18.2. The fraction of sp³-hybridized carbons (Fsp3) is 0.207. The summed E-state index contributed by atoms with van der Waals surface area (Å²) in [5.74, 6) is 1.52. The SMILES string of the molecule is CC1Cc2ccc3c(cc(N)c4ccccc43)c2CC1C.c1ccc2cnccc2c1. The molecule has 2 atom stereocenters. The number of benzene rings is 4. The van der Waals surface area contributed by atoms with E-state index in [0.717, 1.165) is 17.5 Å². The van der Waals surface area contributed by atoms with Gasteiger partial charge in [-0.3, -0.25) is 4.98 Å². The van der Waals surface area contributed by atoms with Crippen molar-refractivity contribution in [2.75, 3.05) is 5.73 Å². The standard InChI is InChI=1S/C20H21N.C9H7N/c1-12-9-14-7-8-16-15-5-3-4-6-17(15)20(21)11-19(16)18(14)10-13(12)2;1-2-4-9-7-10-6-5-8(9)3-1/h3-8,11-13H,9-10,21H2,1-2H3;1-7H. The van der Waals surface area contributed by atoms with Crippen LogP contribution < -0.4 is 5.73 Å². The van der Waals surface area contributed by atoms with Gasteiger partial charge in [-0.05, 0) is 74.9 Å². The third-order valence-electron chi connectivity index (χ3n) is 6.87. The molecule has 0 spiro atoms. The van der Waals surface area contributed by atoms with Crippen LogP contribution in [0.3, 0.4) is 0 Å². The van der Waals surface area contributed by atoms with E-state index in [2.05, 4.69) is 73.4 Å². The molecule has 0 fully saturated rings. The van der Waals surface area contributed by atoms with E-state index in [1.807, 2.05) is 30.6 Å². The molecule has 0 saturated carbocycles. The Hall–Kier alpha value is -3.39.